The zero-order valence-corrected chi connectivity index (χ0v) is 11.2. The molecule has 0 radical (unpaired) electrons. The summed E-state index contributed by atoms with van der Waals surface area (Å²) >= 11 is 5.78. The smallest absolute Gasteiger partial charge is 0.123 e. The third-order valence-electron chi connectivity index (χ3n) is 2.48. The summed E-state index contributed by atoms with van der Waals surface area (Å²) in [5.41, 5.74) is 1.86. The van der Waals surface area contributed by atoms with Crippen molar-refractivity contribution in [1.29, 1.82) is 0 Å². The van der Waals surface area contributed by atoms with E-state index in [-0.39, 0.29) is 5.82 Å². The maximum absolute atomic E-state index is 12.7. The van der Waals surface area contributed by atoms with Crippen molar-refractivity contribution in [3.63, 3.8) is 0 Å². The molecule has 0 saturated heterocycles. The second-order valence-corrected chi connectivity index (χ2v) is 5.87. The van der Waals surface area contributed by atoms with Crippen LogP contribution in [0.25, 0.3) is 0 Å². The molecule has 0 aliphatic carbocycles. The van der Waals surface area contributed by atoms with Crippen molar-refractivity contribution in [2.45, 2.75) is 11.5 Å². The van der Waals surface area contributed by atoms with Gasteiger partial charge in [-0.05, 0) is 35.4 Å². The van der Waals surface area contributed by atoms with Gasteiger partial charge in [-0.15, -0.1) is 0 Å². The fourth-order valence-electron chi connectivity index (χ4n) is 1.58. The van der Waals surface area contributed by atoms with E-state index >= 15 is 0 Å². The molecule has 0 heterocycles. The summed E-state index contributed by atoms with van der Waals surface area (Å²) in [5.74, 6) is 0.638. The Labute approximate surface area is 113 Å². The molecule has 0 aliphatic rings. The van der Waals surface area contributed by atoms with Crippen LogP contribution in [0.3, 0.4) is 0 Å². The molecule has 94 valence electrons. The normalized spacial score (nSPS) is 12.3. The largest absolute Gasteiger partial charge is 0.259 e. The first kappa shape index (κ1) is 13.2. The van der Waals surface area contributed by atoms with Crippen LogP contribution in [0, 0.1) is 5.82 Å². The van der Waals surface area contributed by atoms with E-state index in [1.165, 1.54) is 12.1 Å². The quantitative estimate of drug-likeness (QED) is 0.830. The Kier molecular flexibility index (Phi) is 4.50. The van der Waals surface area contributed by atoms with Crippen molar-refractivity contribution in [1.82, 2.24) is 0 Å². The summed E-state index contributed by atoms with van der Waals surface area (Å²) < 4.78 is 24.7. The van der Waals surface area contributed by atoms with Crippen molar-refractivity contribution in [3.8, 4) is 0 Å². The first-order valence-electron chi connectivity index (χ1n) is 5.47. The van der Waals surface area contributed by atoms with Crippen molar-refractivity contribution < 1.29 is 8.60 Å². The van der Waals surface area contributed by atoms with Crippen molar-refractivity contribution >= 4 is 22.4 Å². The highest BCUT2D eigenvalue weighted by atomic mass is 35.5. The van der Waals surface area contributed by atoms with E-state index in [9.17, 15) is 8.60 Å². The molecular weight excluding hydrogens is 271 g/mol. The van der Waals surface area contributed by atoms with Crippen LogP contribution in [0.1, 0.15) is 11.1 Å². The van der Waals surface area contributed by atoms with E-state index in [1.54, 1.807) is 24.3 Å². The predicted molar refractivity (Wildman–Crippen MR) is 73.4 cm³/mol. The van der Waals surface area contributed by atoms with Gasteiger partial charge in [0.2, 0.25) is 0 Å². The van der Waals surface area contributed by atoms with Crippen molar-refractivity contribution in [3.05, 3.63) is 70.5 Å². The van der Waals surface area contributed by atoms with Crippen LogP contribution >= 0.6 is 11.6 Å². The standard InChI is InChI=1S/C14H12ClFOS/c15-13-5-1-11(2-6-13)9-18(17)10-12-3-7-14(16)8-4-12/h1-8H,9-10H2. The molecule has 1 nitrogen and oxygen atoms in total. The maximum Gasteiger partial charge on any atom is 0.123 e. The number of benzene rings is 2. The predicted octanol–water partition coefficient (Wildman–Crippen LogP) is 3.93. The van der Waals surface area contributed by atoms with Gasteiger partial charge in [-0.2, -0.15) is 0 Å². The van der Waals surface area contributed by atoms with Crippen LogP contribution in [0.2, 0.25) is 5.02 Å². The number of halogens is 2. The van der Waals surface area contributed by atoms with Gasteiger partial charge in [-0.25, -0.2) is 4.39 Å². The highest BCUT2D eigenvalue weighted by Gasteiger charge is 2.04. The molecule has 0 fully saturated rings. The minimum absolute atomic E-state index is 0.276. The van der Waals surface area contributed by atoms with E-state index in [1.807, 2.05) is 12.1 Å². The van der Waals surface area contributed by atoms with Crippen LogP contribution in [0.15, 0.2) is 48.5 Å². The van der Waals surface area contributed by atoms with E-state index in [2.05, 4.69) is 0 Å². The van der Waals surface area contributed by atoms with Gasteiger partial charge in [0.1, 0.15) is 5.82 Å². The highest BCUT2D eigenvalue weighted by molar-refractivity contribution is 7.83. The summed E-state index contributed by atoms with van der Waals surface area (Å²) in [5, 5.41) is 0.670. The van der Waals surface area contributed by atoms with Gasteiger partial charge >= 0.3 is 0 Å². The summed E-state index contributed by atoms with van der Waals surface area (Å²) in [7, 11) is -1.00. The van der Waals surface area contributed by atoms with Gasteiger partial charge < -0.3 is 0 Å². The Bertz CT molecular complexity index is 487. The van der Waals surface area contributed by atoms with Crippen LogP contribution in [0.5, 0.6) is 0 Å². The Balaban J connectivity index is 1.96. The van der Waals surface area contributed by atoms with E-state index in [4.69, 9.17) is 11.6 Å². The van der Waals surface area contributed by atoms with E-state index in [0.717, 1.165) is 11.1 Å². The van der Waals surface area contributed by atoms with Gasteiger partial charge in [0, 0.05) is 27.3 Å². The van der Waals surface area contributed by atoms with Crippen LogP contribution in [-0.4, -0.2) is 4.21 Å². The third kappa shape index (κ3) is 3.93. The van der Waals surface area contributed by atoms with Gasteiger partial charge in [0.25, 0.3) is 0 Å². The first-order chi connectivity index (χ1) is 8.63. The molecule has 2 aromatic rings. The molecule has 0 N–H and O–H groups in total. The highest BCUT2D eigenvalue weighted by Crippen LogP contribution is 2.13. The lowest BCUT2D eigenvalue weighted by atomic mass is 10.2. The SMILES string of the molecule is O=S(Cc1ccc(F)cc1)Cc1ccc(Cl)cc1. The zero-order chi connectivity index (χ0) is 13.0. The Morgan fingerprint density at radius 2 is 1.33 bits per heavy atom. The summed E-state index contributed by atoms with van der Waals surface area (Å²) in [4.78, 5) is 0. The maximum atomic E-state index is 12.7. The van der Waals surface area contributed by atoms with Crippen LogP contribution in [-0.2, 0) is 22.3 Å². The molecule has 2 aromatic carbocycles. The van der Waals surface area contributed by atoms with Gasteiger partial charge in [-0.3, -0.25) is 4.21 Å². The first-order valence-corrected chi connectivity index (χ1v) is 7.34. The van der Waals surface area contributed by atoms with Crippen molar-refractivity contribution in [2.75, 3.05) is 0 Å². The number of hydrogen-bond acceptors (Lipinski definition) is 1. The average molecular weight is 283 g/mol. The van der Waals surface area contributed by atoms with Crippen molar-refractivity contribution in [2.24, 2.45) is 0 Å². The van der Waals surface area contributed by atoms with Crippen LogP contribution < -0.4 is 0 Å². The molecule has 1 unspecified atom stereocenters. The lowest BCUT2D eigenvalue weighted by Gasteiger charge is -2.03. The Hall–Kier alpha value is -1.19. The molecule has 0 saturated carbocycles. The second-order valence-electron chi connectivity index (χ2n) is 3.98. The molecule has 0 spiro atoms. The van der Waals surface area contributed by atoms with Gasteiger partial charge in [0.05, 0.1) is 0 Å². The average Bonchev–Trinajstić information content (AvgIpc) is 2.35. The van der Waals surface area contributed by atoms with Crippen LogP contribution in [0.4, 0.5) is 4.39 Å². The minimum atomic E-state index is -1.00. The van der Waals surface area contributed by atoms with E-state index < -0.39 is 10.8 Å². The molecule has 0 aliphatic heterocycles. The summed E-state index contributed by atoms with van der Waals surface area (Å²) in [6, 6.07) is 13.4. The van der Waals surface area contributed by atoms with E-state index in [0.29, 0.717) is 16.5 Å². The molecule has 4 heteroatoms. The lowest BCUT2D eigenvalue weighted by molar-refractivity contribution is 0.627. The molecular formula is C14H12ClFOS. The topological polar surface area (TPSA) is 17.1 Å². The zero-order valence-electron chi connectivity index (χ0n) is 9.61. The minimum Gasteiger partial charge on any atom is -0.259 e. The summed E-state index contributed by atoms with van der Waals surface area (Å²) in [6.45, 7) is 0. The molecule has 0 bridgehead atoms. The lowest BCUT2D eigenvalue weighted by Crippen LogP contribution is -1.99. The number of hydrogen-bond donors (Lipinski definition) is 0. The fraction of sp³-hybridized carbons (Fsp3) is 0.143. The molecule has 2 rings (SSSR count). The summed E-state index contributed by atoms with van der Waals surface area (Å²) in [6.07, 6.45) is 0. The Morgan fingerprint density at radius 1 is 0.889 bits per heavy atom. The molecule has 0 amide bonds. The second kappa shape index (κ2) is 6.12. The molecule has 18 heavy (non-hydrogen) atoms. The van der Waals surface area contributed by atoms with Gasteiger partial charge in [0.15, 0.2) is 0 Å². The third-order valence-corrected chi connectivity index (χ3v) is 4.04. The molecule has 1 atom stereocenters. The number of rotatable bonds is 4. The fourth-order valence-corrected chi connectivity index (χ4v) is 2.94. The monoisotopic (exact) mass is 282 g/mol. The van der Waals surface area contributed by atoms with Gasteiger partial charge in [-0.1, -0.05) is 35.9 Å². The Morgan fingerprint density at radius 3 is 1.83 bits per heavy atom. The molecule has 0 aromatic heterocycles.